The predicted molar refractivity (Wildman–Crippen MR) is 83.9 cm³/mol. The maximum atomic E-state index is 11.4. The zero-order chi connectivity index (χ0) is 16.1. The normalized spacial score (nSPS) is 11.1. The smallest absolute Gasteiger partial charge is 0.161 e. The Bertz CT molecular complexity index is 705. The van der Waals surface area contributed by atoms with Gasteiger partial charge < -0.3 is 19.4 Å². The van der Waals surface area contributed by atoms with E-state index in [1.54, 1.807) is 42.5 Å². The molecule has 0 fully saturated rings. The standard InChI is InChI=1S/C17H15ClO4/c1-21-15-8-5-12(10-16(15)22-2)14(17(19)20)9-11-3-6-13(18)7-4-11/h3-10H,1-2H3,(H,19,20)/p-1/b14-9-. The first kappa shape index (κ1) is 15.9. The Kier molecular flexibility index (Phi) is 5.07. The van der Waals surface area contributed by atoms with Crippen LogP contribution in [0.15, 0.2) is 42.5 Å². The van der Waals surface area contributed by atoms with Gasteiger partial charge in [0.25, 0.3) is 0 Å². The maximum absolute atomic E-state index is 11.4. The van der Waals surface area contributed by atoms with Crippen molar-refractivity contribution < 1.29 is 19.4 Å². The highest BCUT2D eigenvalue weighted by molar-refractivity contribution is 6.30. The third-order valence-electron chi connectivity index (χ3n) is 3.10. The average Bonchev–Trinajstić information content (AvgIpc) is 2.53. The summed E-state index contributed by atoms with van der Waals surface area (Å²) >= 11 is 5.82. The van der Waals surface area contributed by atoms with Crippen molar-refractivity contribution in [2.24, 2.45) is 0 Å². The summed E-state index contributed by atoms with van der Waals surface area (Å²) in [4.78, 5) is 11.4. The van der Waals surface area contributed by atoms with Gasteiger partial charge in [-0.2, -0.15) is 0 Å². The molecular formula is C17H14ClO4-. The molecule has 0 aromatic heterocycles. The number of benzene rings is 2. The van der Waals surface area contributed by atoms with Crippen LogP contribution in [0.2, 0.25) is 5.02 Å². The molecule has 0 atom stereocenters. The first-order valence-corrected chi connectivity index (χ1v) is 6.84. The Morgan fingerprint density at radius 3 is 2.23 bits per heavy atom. The number of hydrogen-bond acceptors (Lipinski definition) is 4. The van der Waals surface area contributed by atoms with Crippen molar-refractivity contribution in [1.82, 2.24) is 0 Å². The van der Waals surface area contributed by atoms with Gasteiger partial charge in [0, 0.05) is 10.6 Å². The molecule has 4 nitrogen and oxygen atoms in total. The van der Waals surface area contributed by atoms with Gasteiger partial charge in [-0.3, -0.25) is 0 Å². The Labute approximate surface area is 133 Å². The van der Waals surface area contributed by atoms with Crippen LogP contribution in [-0.4, -0.2) is 20.2 Å². The lowest BCUT2D eigenvalue weighted by Gasteiger charge is -2.13. The lowest BCUT2D eigenvalue weighted by Crippen LogP contribution is -2.23. The first-order chi connectivity index (χ1) is 10.5. The van der Waals surface area contributed by atoms with E-state index >= 15 is 0 Å². The molecule has 2 aromatic carbocycles. The summed E-state index contributed by atoms with van der Waals surface area (Å²) < 4.78 is 10.3. The fourth-order valence-electron chi connectivity index (χ4n) is 1.99. The molecule has 0 heterocycles. The van der Waals surface area contributed by atoms with Crippen LogP contribution < -0.4 is 14.6 Å². The van der Waals surface area contributed by atoms with Crippen LogP contribution in [0.4, 0.5) is 0 Å². The maximum Gasteiger partial charge on any atom is 0.161 e. The minimum Gasteiger partial charge on any atom is -0.545 e. The molecule has 0 aliphatic rings. The van der Waals surface area contributed by atoms with Crippen molar-refractivity contribution in [3.05, 3.63) is 58.6 Å². The number of rotatable bonds is 5. The highest BCUT2D eigenvalue weighted by atomic mass is 35.5. The summed E-state index contributed by atoms with van der Waals surface area (Å²) in [7, 11) is 3.00. The van der Waals surface area contributed by atoms with Gasteiger partial charge in [-0.05, 0) is 41.5 Å². The number of hydrogen-bond donors (Lipinski definition) is 0. The fraction of sp³-hybridized carbons (Fsp3) is 0.118. The zero-order valence-corrected chi connectivity index (χ0v) is 12.9. The summed E-state index contributed by atoms with van der Waals surface area (Å²) in [6.45, 7) is 0. The number of carbonyl (C=O) groups excluding carboxylic acids is 1. The molecule has 5 heteroatoms. The quantitative estimate of drug-likeness (QED) is 0.628. The molecular weight excluding hydrogens is 304 g/mol. The molecule has 0 aliphatic heterocycles. The van der Waals surface area contributed by atoms with Gasteiger partial charge in [-0.25, -0.2) is 0 Å². The molecule has 2 aromatic rings. The van der Waals surface area contributed by atoms with E-state index in [4.69, 9.17) is 21.1 Å². The Morgan fingerprint density at radius 1 is 1.05 bits per heavy atom. The minimum absolute atomic E-state index is 0.0447. The van der Waals surface area contributed by atoms with E-state index in [0.717, 1.165) is 0 Å². The van der Waals surface area contributed by atoms with Crippen LogP contribution in [0, 0.1) is 0 Å². The summed E-state index contributed by atoms with van der Waals surface area (Å²) in [5.41, 5.74) is 1.22. The Hall–Kier alpha value is -2.46. The molecule has 0 N–H and O–H groups in total. The number of methoxy groups -OCH3 is 2. The molecule has 22 heavy (non-hydrogen) atoms. The lowest BCUT2D eigenvalue weighted by atomic mass is 10.0. The molecule has 0 spiro atoms. The molecule has 114 valence electrons. The van der Waals surface area contributed by atoms with Crippen molar-refractivity contribution in [2.45, 2.75) is 0 Å². The number of carbonyl (C=O) groups is 1. The van der Waals surface area contributed by atoms with Crippen LogP contribution in [-0.2, 0) is 4.79 Å². The zero-order valence-electron chi connectivity index (χ0n) is 12.1. The predicted octanol–water partition coefficient (Wildman–Crippen LogP) is 2.65. The minimum atomic E-state index is -1.28. The summed E-state index contributed by atoms with van der Waals surface area (Å²) in [5, 5.41) is 12.0. The second-order valence-corrected chi connectivity index (χ2v) is 4.90. The number of halogens is 1. The molecule has 0 bridgehead atoms. The van der Waals surface area contributed by atoms with Crippen LogP contribution in [0.3, 0.4) is 0 Å². The lowest BCUT2D eigenvalue weighted by molar-refractivity contribution is -0.295. The summed E-state index contributed by atoms with van der Waals surface area (Å²) in [6, 6.07) is 11.7. The van der Waals surface area contributed by atoms with Gasteiger partial charge in [-0.15, -0.1) is 0 Å². The van der Waals surface area contributed by atoms with Crippen LogP contribution in [0.1, 0.15) is 11.1 Å². The highest BCUT2D eigenvalue weighted by Gasteiger charge is 2.09. The Balaban J connectivity index is 2.48. The Morgan fingerprint density at radius 2 is 1.68 bits per heavy atom. The fourth-order valence-corrected chi connectivity index (χ4v) is 2.12. The molecule has 2 rings (SSSR count). The van der Waals surface area contributed by atoms with E-state index in [1.165, 1.54) is 20.3 Å². The first-order valence-electron chi connectivity index (χ1n) is 6.46. The topological polar surface area (TPSA) is 58.6 Å². The third kappa shape index (κ3) is 3.59. The van der Waals surface area contributed by atoms with Crippen molar-refractivity contribution in [1.29, 1.82) is 0 Å². The number of carboxylic acids is 1. The van der Waals surface area contributed by atoms with E-state index < -0.39 is 5.97 Å². The van der Waals surface area contributed by atoms with E-state index in [2.05, 4.69) is 0 Å². The van der Waals surface area contributed by atoms with Gasteiger partial charge in [-0.1, -0.05) is 29.8 Å². The van der Waals surface area contributed by atoms with Gasteiger partial charge in [0.05, 0.1) is 20.2 Å². The number of carboxylic acid groups (broad SMARTS) is 1. The number of aliphatic carboxylic acids is 1. The molecule has 0 unspecified atom stereocenters. The second-order valence-electron chi connectivity index (χ2n) is 4.47. The van der Waals surface area contributed by atoms with Crippen molar-refractivity contribution in [3.63, 3.8) is 0 Å². The van der Waals surface area contributed by atoms with E-state index in [-0.39, 0.29) is 5.57 Å². The van der Waals surface area contributed by atoms with Gasteiger partial charge in [0.1, 0.15) is 0 Å². The van der Waals surface area contributed by atoms with Gasteiger partial charge in [0.15, 0.2) is 11.5 Å². The second kappa shape index (κ2) is 7.00. The highest BCUT2D eigenvalue weighted by Crippen LogP contribution is 2.31. The van der Waals surface area contributed by atoms with Crippen LogP contribution in [0.5, 0.6) is 11.5 Å². The van der Waals surface area contributed by atoms with Crippen molar-refractivity contribution in [3.8, 4) is 11.5 Å². The molecule has 0 aliphatic carbocycles. The van der Waals surface area contributed by atoms with Crippen molar-refractivity contribution >= 4 is 29.2 Å². The van der Waals surface area contributed by atoms with Gasteiger partial charge in [0.2, 0.25) is 0 Å². The summed E-state index contributed by atoms with van der Waals surface area (Å²) in [5.74, 6) is -0.305. The summed E-state index contributed by atoms with van der Waals surface area (Å²) in [6.07, 6.45) is 1.52. The SMILES string of the molecule is COc1ccc(/C(=C/c2ccc(Cl)cc2)C(=O)[O-])cc1OC. The molecule has 0 saturated carbocycles. The van der Waals surface area contributed by atoms with Gasteiger partial charge >= 0.3 is 0 Å². The number of ether oxygens (including phenoxy) is 2. The van der Waals surface area contributed by atoms with E-state index in [1.807, 2.05) is 0 Å². The van der Waals surface area contributed by atoms with Crippen LogP contribution in [0.25, 0.3) is 11.6 Å². The third-order valence-corrected chi connectivity index (χ3v) is 3.35. The van der Waals surface area contributed by atoms with Crippen molar-refractivity contribution in [2.75, 3.05) is 14.2 Å². The van der Waals surface area contributed by atoms with E-state index in [0.29, 0.717) is 27.6 Å². The molecule has 0 radical (unpaired) electrons. The molecule has 0 amide bonds. The molecule has 0 saturated heterocycles. The van der Waals surface area contributed by atoms with Crippen LogP contribution >= 0.6 is 11.6 Å². The average molecular weight is 318 g/mol. The monoisotopic (exact) mass is 317 g/mol. The largest absolute Gasteiger partial charge is 0.545 e. The van der Waals surface area contributed by atoms with E-state index in [9.17, 15) is 9.90 Å².